The van der Waals surface area contributed by atoms with Gasteiger partial charge in [-0.15, -0.1) is 0 Å². The molecule has 1 aromatic carbocycles. The first-order valence-corrected chi connectivity index (χ1v) is 8.95. The zero-order valence-corrected chi connectivity index (χ0v) is 16.0. The smallest absolute Gasteiger partial charge is 0.358 e. The van der Waals surface area contributed by atoms with E-state index in [-0.39, 0.29) is 12.3 Å². The van der Waals surface area contributed by atoms with E-state index in [0.29, 0.717) is 22.9 Å². The summed E-state index contributed by atoms with van der Waals surface area (Å²) in [6, 6.07) is 9.14. The Balaban J connectivity index is 2.09. The summed E-state index contributed by atoms with van der Waals surface area (Å²) in [6.07, 6.45) is 3.17. The summed E-state index contributed by atoms with van der Waals surface area (Å²) in [5, 5.41) is 5.59. The number of nitrogens with zero attached hydrogens (tertiary/aromatic N) is 2. The van der Waals surface area contributed by atoms with E-state index in [1.54, 1.807) is 24.8 Å². The maximum Gasteiger partial charge on any atom is 0.358 e. The number of ether oxygens (including phenoxy) is 2. The Bertz CT molecular complexity index is 883. The Morgan fingerprint density at radius 2 is 1.96 bits per heavy atom. The molecule has 26 heavy (non-hydrogen) atoms. The van der Waals surface area contributed by atoms with Gasteiger partial charge in [-0.3, -0.25) is 0 Å². The van der Waals surface area contributed by atoms with Gasteiger partial charge in [-0.2, -0.15) is 5.10 Å². The summed E-state index contributed by atoms with van der Waals surface area (Å²) in [5.74, 6) is 0.278. The van der Waals surface area contributed by atoms with Crippen LogP contribution in [0.2, 0.25) is 0 Å². The first-order valence-electron chi connectivity index (χ1n) is 8.20. The Labute approximate surface area is 161 Å². The molecule has 0 saturated heterocycles. The van der Waals surface area contributed by atoms with Crippen LogP contribution in [0.4, 0.5) is 0 Å². The number of carbonyl (C=O) groups is 1. The largest absolute Gasteiger partial charge is 0.497 e. The number of carbonyl (C=O) groups excluding carboxylic acids is 1. The lowest BCUT2D eigenvalue weighted by molar-refractivity contribution is 0.0519. The summed E-state index contributed by atoms with van der Waals surface area (Å²) < 4.78 is 12.0. The second-order valence-electron chi connectivity index (χ2n) is 5.67. The van der Waals surface area contributed by atoms with Crippen molar-refractivity contribution in [3.05, 3.63) is 57.9 Å². The molecular weight excluding hydrogens is 375 g/mol. The number of rotatable bonds is 5. The zero-order valence-electron chi connectivity index (χ0n) is 14.5. The molecule has 0 saturated carbocycles. The quantitative estimate of drug-likeness (QED) is 0.677. The SMILES string of the molecule is CCOC(=O)c1cc(C2=CC(Cl)=C(Cl)CC2)n(-c2ccc(OC)cc2)n1. The van der Waals surface area contributed by atoms with E-state index in [1.165, 1.54) is 0 Å². The number of benzene rings is 1. The fourth-order valence-electron chi connectivity index (χ4n) is 2.70. The fraction of sp³-hybridized carbons (Fsp3) is 0.263. The van der Waals surface area contributed by atoms with E-state index >= 15 is 0 Å². The van der Waals surface area contributed by atoms with Gasteiger partial charge in [0.15, 0.2) is 5.69 Å². The minimum Gasteiger partial charge on any atom is -0.497 e. The van der Waals surface area contributed by atoms with Crippen molar-refractivity contribution < 1.29 is 14.3 Å². The van der Waals surface area contributed by atoms with E-state index in [2.05, 4.69) is 5.10 Å². The lowest BCUT2D eigenvalue weighted by Crippen LogP contribution is -2.07. The van der Waals surface area contributed by atoms with Gasteiger partial charge in [0, 0.05) is 5.03 Å². The molecule has 0 amide bonds. The molecule has 0 aliphatic heterocycles. The summed E-state index contributed by atoms with van der Waals surface area (Å²) in [4.78, 5) is 12.1. The first kappa shape index (κ1) is 18.5. The highest BCUT2D eigenvalue weighted by atomic mass is 35.5. The van der Waals surface area contributed by atoms with Crippen LogP contribution < -0.4 is 4.74 Å². The van der Waals surface area contributed by atoms with Crippen molar-refractivity contribution in [2.45, 2.75) is 19.8 Å². The van der Waals surface area contributed by atoms with Gasteiger partial charge in [-0.05, 0) is 61.7 Å². The van der Waals surface area contributed by atoms with Crippen molar-refractivity contribution in [2.75, 3.05) is 13.7 Å². The van der Waals surface area contributed by atoms with Crippen molar-refractivity contribution in [3.63, 3.8) is 0 Å². The van der Waals surface area contributed by atoms with Gasteiger partial charge < -0.3 is 9.47 Å². The van der Waals surface area contributed by atoms with Crippen LogP contribution in [0.1, 0.15) is 35.9 Å². The standard InChI is InChI=1S/C19H18Cl2N2O3/c1-3-26-19(24)17-11-18(12-4-9-15(20)16(21)10-12)23(22-17)13-5-7-14(25-2)8-6-13/h5-8,10-11H,3-4,9H2,1-2H3. The Hall–Kier alpha value is -2.24. The van der Waals surface area contributed by atoms with E-state index in [1.807, 2.05) is 30.3 Å². The Morgan fingerprint density at radius 1 is 1.23 bits per heavy atom. The molecule has 0 bridgehead atoms. The monoisotopic (exact) mass is 392 g/mol. The van der Waals surface area contributed by atoms with Crippen LogP contribution in [0.15, 0.2) is 46.5 Å². The highest BCUT2D eigenvalue weighted by Gasteiger charge is 2.21. The maximum absolute atomic E-state index is 12.1. The van der Waals surface area contributed by atoms with E-state index in [4.69, 9.17) is 32.7 Å². The van der Waals surface area contributed by atoms with Gasteiger partial charge in [0.2, 0.25) is 0 Å². The van der Waals surface area contributed by atoms with Crippen LogP contribution in [-0.2, 0) is 4.74 Å². The van der Waals surface area contributed by atoms with Gasteiger partial charge >= 0.3 is 5.97 Å². The molecule has 0 radical (unpaired) electrons. The van der Waals surface area contributed by atoms with Crippen molar-refractivity contribution in [1.29, 1.82) is 0 Å². The molecule has 0 spiro atoms. The van der Waals surface area contributed by atoms with Crippen molar-refractivity contribution in [1.82, 2.24) is 9.78 Å². The molecule has 7 heteroatoms. The average Bonchev–Trinajstić information content (AvgIpc) is 3.10. The maximum atomic E-state index is 12.1. The highest BCUT2D eigenvalue weighted by Crippen LogP contribution is 2.35. The Kier molecular flexibility index (Phi) is 5.69. The average molecular weight is 393 g/mol. The number of allylic oxidation sites excluding steroid dienone is 4. The van der Waals surface area contributed by atoms with Crippen molar-refractivity contribution in [2.24, 2.45) is 0 Å². The minimum absolute atomic E-state index is 0.246. The molecular formula is C19H18Cl2N2O3. The van der Waals surface area contributed by atoms with Gasteiger partial charge in [0.05, 0.1) is 30.1 Å². The van der Waals surface area contributed by atoms with Gasteiger partial charge in [0.25, 0.3) is 0 Å². The molecule has 1 heterocycles. The zero-order chi connectivity index (χ0) is 18.7. The lowest BCUT2D eigenvalue weighted by Gasteiger charge is -2.15. The molecule has 0 atom stereocenters. The summed E-state index contributed by atoms with van der Waals surface area (Å²) in [5.41, 5.74) is 2.78. The minimum atomic E-state index is -0.461. The van der Waals surface area contributed by atoms with Crippen LogP contribution in [0.3, 0.4) is 0 Å². The highest BCUT2D eigenvalue weighted by molar-refractivity contribution is 6.40. The number of halogens is 2. The number of aromatic nitrogens is 2. The van der Waals surface area contributed by atoms with E-state index < -0.39 is 5.97 Å². The molecule has 3 rings (SSSR count). The molecule has 0 fully saturated rings. The van der Waals surface area contributed by atoms with Gasteiger partial charge in [-0.25, -0.2) is 9.48 Å². The lowest BCUT2D eigenvalue weighted by atomic mass is 10.0. The third-order valence-corrected chi connectivity index (χ3v) is 4.84. The van der Waals surface area contributed by atoms with Crippen LogP contribution in [0.25, 0.3) is 11.3 Å². The Morgan fingerprint density at radius 3 is 2.58 bits per heavy atom. The fourth-order valence-corrected chi connectivity index (χ4v) is 3.08. The number of methoxy groups -OCH3 is 1. The molecule has 136 valence electrons. The molecule has 1 aliphatic carbocycles. The third kappa shape index (κ3) is 3.79. The topological polar surface area (TPSA) is 53.4 Å². The number of hydrogen-bond donors (Lipinski definition) is 0. The summed E-state index contributed by atoms with van der Waals surface area (Å²) in [7, 11) is 1.61. The predicted molar refractivity (Wildman–Crippen MR) is 102 cm³/mol. The second-order valence-corrected chi connectivity index (χ2v) is 6.53. The van der Waals surface area contributed by atoms with Crippen LogP contribution >= 0.6 is 23.2 Å². The molecule has 2 aromatic rings. The second kappa shape index (κ2) is 7.98. The molecule has 0 unspecified atom stereocenters. The van der Waals surface area contributed by atoms with Crippen molar-refractivity contribution in [3.8, 4) is 11.4 Å². The molecule has 1 aliphatic rings. The van der Waals surface area contributed by atoms with Crippen LogP contribution in [-0.4, -0.2) is 29.5 Å². The molecule has 0 N–H and O–H groups in total. The van der Waals surface area contributed by atoms with Crippen molar-refractivity contribution >= 4 is 34.7 Å². The predicted octanol–water partition coefficient (Wildman–Crippen LogP) is 4.92. The van der Waals surface area contributed by atoms with Gasteiger partial charge in [0.1, 0.15) is 5.75 Å². The van der Waals surface area contributed by atoms with Crippen LogP contribution in [0, 0.1) is 0 Å². The van der Waals surface area contributed by atoms with E-state index in [0.717, 1.165) is 22.7 Å². The molecule has 5 nitrogen and oxygen atoms in total. The van der Waals surface area contributed by atoms with E-state index in [9.17, 15) is 4.79 Å². The first-order chi connectivity index (χ1) is 12.5. The summed E-state index contributed by atoms with van der Waals surface area (Å²) in [6.45, 7) is 2.05. The number of esters is 1. The van der Waals surface area contributed by atoms with Crippen LogP contribution in [0.5, 0.6) is 5.75 Å². The van der Waals surface area contributed by atoms with Gasteiger partial charge in [-0.1, -0.05) is 23.2 Å². The number of hydrogen-bond acceptors (Lipinski definition) is 4. The normalized spacial score (nSPS) is 14.2. The molecule has 1 aromatic heterocycles. The third-order valence-electron chi connectivity index (χ3n) is 4.01. The summed E-state index contributed by atoms with van der Waals surface area (Å²) >= 11 is 12.3.